The van der Waals surface area contributed by atoms with Crippen molar-refractivity contribution in [1.82, 2.24) is 0 Å². The van der Waals surface area contributed by atoms with E-state index < -0.39 is 0 Å². The molecule has 0 fully saturated rings. The van der Waals surface area contributed by atoms with Crippen LogP contribution in [0, 0.1) is 23.2 Å². The fourth-order valence-electron chi connectivity index (χ4n) is 0.888. The van der Waals surface area contributed by atoms with Gasteiger partial charge in [-0.05, 0) is 17.7 Å². The van der Waals surface area contributed by atoms with Gasteiger partial charge in [-0.1, -0.05) is 36.6 Å². The second-order valence-electron chi connectivity index (χ2n) is 2.46. The third-order valence-electron chi connectivity index (χ3n) is 1.55. The minimum atomic E-state index is 0.281. The van der Waals surface area contributed by atoms with E-state index in [1.807, 2.05) is 30.3 Å². The van der Waals surface area contributed by atoms with Gasteiger partial charge in [-0.3, -0.25) is 0 Å². The van der Waals surface area contributed by atoms with Crippen LogP contribution >= 0.6 is 0 Å². The molecule has 0 unspecified atom stereocenters. The molecule has 1 aromatic carbocycles. The summed E-state index contributed by atoms with van der Waals surface area (Å²) in [5.41, 5.74) is 2.01. The molecule has 62 valence electrons. The highest BCUT2D eigenvalue weighted by molar-refractivity contribution is 5.49. The van der Waals surface area contributed by atoms with Crippen LogP contribution < -0.4 is 0 Å². The lowest BCUT2D eigenvalue weighted by molar-refractivity contribution is 1.39. The molecule has 0 spiro atoms. The fraction of sp³-hybridized carbons (Fsp3) is 0.0833. The van der Waals surface area contributed by atoms with Gasteiger partial charge in [0.2, 0.25) is 0 Å². The van der Waals surface area contributed by atoms with Crippen LogP contribution in [0.15, 0.2) is 30.8 Å². The zero-order valence-electron chi connectivity index (χ0n) is 7.25. The molecule has 1 nitrogen and oxygen atoms in total. The third-order valence-corrected chi connectivity index (χ3v) is 1.55. The lowest BCUT2D eigenvalue weighted by Gasteiger charge is -1.91. The van der Waals surface area contributed by atoms with Gasteiger partial charge in [0.25, 0.3) is 0 Å². The van der Waals surface area contributed by atoms with Crippen LogP contribution in [0.3, 0.4) is 0 Å². The number of rotatable bonds is 1. The summed E-state index contributed by atoms with van der Waals surface area (Å²) in [5.74, 6) is 5.64. The zero-order chi connectivity index (χ0) is 9.52. The highest BCUT2D eigenvalue weighted by Crippen LogP contribution is 2.03. The molecule has 1 heteroatoms. The van der Waals surface area contributed by atoms with Gasteiger partial charge >= 0.3 is 0 Å². The minimum absolute atomic E-state index is 0.281. The van der Waals surface area contributed by atoms with Crippen molar-refractivity contribution in [2.75, 3.05) is 0 Å². The van der Waals surface area contributed by atoms with E-state index in [0.29, 0.717) is 0 Å². The highest BCUT2D eigenvalue weighted by atomic mass is 14.2. The highest BCUT2D eigenvalue weighted by Gasteiger charge is 1.86. The summed E-state index contributed by atoms with van der Waals surface area (Å²) in [6, 6.07) is 9.70. The monoisotopic (exact) mass is 167 g/mol. The molecule has 0 aliphatic carbocycles. The molecule has 0 bridgehead atoms. The Hall–Kier alpha value is -1.99. The van der Waals surface area contributed by atoms with Gasteiger partial charge < -0.3 is 0 Å². The maximum atomic E-state index is 8.26. The first-order valence-electron chi connectivity index (χ1n) is 3.95. The van der Waals surface area contributed by atoms with E-state index in [0.717, 1.165) is 11.1 Å². The summed E-state index contributed by atoms with van der Waals surface area (Å²) < 4.78 is 0. The summed E-state index contributed by atoms with van der Waals surface area (Å²) in [6.45, 7) is 3.66. The molecule has 0 aliphatic rings. The standard InChI is InChI=1S/C12H9N/c1-2-11-6-8-12(9-7-11)5-3-4-10-13/h2,6-9H,1,4H2. The van der Waals surface area contributed by atoms with Crippen molar-refractivity contribution in [2.24, 2.45) is 0 Å². The van der Waals surface area contributed by atoms with Crippen molar-refractivity contribution in [1.29, 1.82) is 5.26 Å². The molecular formula is C12H9N. The number of nitrogens with zero attached hydrogens (tertiary/aromatic N) is 1. The van der Waals surface area contributed by atoms with Crippen LogP contribution in [0.5, 0.6) is 0 Å². The molecule has 1 aromatic rings. The smallest absolute Gasteiger partial charge is 0.0966 e. The lowest BCUT2D eigenvalue weighted by Crippen LogP contribution is -1.74. The lowest BCUT2D eigenvalue weighted by atomic mass is 10.1. The Morgan fingerprint density at radius 3 is 2.54 bits per heavy atom. The van der Waals surface area contributed by atoms with Crippen LogP contribution in [-0.2, 0) is 0 Å². The topological polar surface area (TPSA) is 23.8 Å². The Balaban J connectivity index is 2.78. The fourth-order valence-corrected chi connectivity index (χ4v) is 0.888. The number of benzene rings is 1. The van der Waals surface area contributed by atoms with Crippen LogP contribution in [-0.4, -0.2) is 0 Å². The van der Waals surface area contributed by atoms with Crippen molar-refractivity contribution in [2.45, 2.75) is 6.42 Å². The zero-order valence-corrected chi connectivity index (χ0v) is 7.25. The van der Waals surface area contributed by atoms with E-state index in [9.17, 15) is 0 Å². The Morgan fingerprint density at radius 1 is 1.31 bits per heavy atom. The first-order valence-corrected chi connectivity index (χ1v) is 3.95. The number of hydrogen-bond donors (Lipinski definition) is 0. The summed E-state index contributed by atoms with van der Waals surface area (Å²) in [5, 5.41) is 8.26. The van der Waals surface area contributed by atoms with E-state index in [2.05, 4.69) is 18.4 Å². The summed E-state index contributed by atoms with van der Waals surface area (Å²) in [4.78, 5) is 0. The van der Waals surface area contributed by atoms with E-state index in [1.54, 1.807) is 6.08 Å². The van der Waals surface area contributed by atoms with Crippen molar-refractivity contribution >= 4 is 6.08 Å². The largest absolute Gasteiger partial charge is 0.197 e. The number of nitriles is 1. The quantitative estimate of drug-likeness (QED) is 0.590. The Kier molecular flexibility index (Phi) is 3.36. The van der Waals surface area contributed by atoms with E-state index >= 15 is 0 Å². The molecule has 0 amide bonds. The molecule has 0 saturated carbocycles. The predicted octanol–water partition coefficient (Wildman–Crippen LogP) is 2.59. The summed E-state index contributed by atoms with van der Waals surface area (Å²) in [6.07, 6.45) is 2.07. The summed E-state index contributed by atoms with van der Waals surface area (Å²) >= 11 is 0. The van der Waals surface area contributed by atoms with E-state index in [-0.39, 0.29) is 6.42 Å². The predicted molar refractivity (Wildman–Crippen MR) is 53.6 cm³/mol. The molecule has 0 saturated heterocycles. The molecule has 0 atom stereocenters. The van der Waals surface area contributed by atoms with Gasteiger partial charge in [0.05, 0.1) is 12.5 Å². The first kappa shape index (κ1) is 9.10. The minimum Gasteiger partial charge on any atom is -0.197 e. The van der Waals surface area contributed by atoms with Crippen molar-refractivity contribution in [3.05, 3.63) is 42.0 Å². The van der Waals surface area contributed by atoms with E-state index in [1.165, 1.54) is 0 Å². The average molecular weight is 167 g/mol. The van der Waals surface area contributed by atoms with Gasteiger partial charge in [0.1, 0.15) is 0 Å². The van der Waals surface area contributed by atoms with Gasteiger partial charge in [0, 0.05) is 5.56 Å². The molecular weight excluding hydrogens is 158 g/mol. The van der Waals surface area contributed by atoms with Crippen LogP contribution in [0.4, 0.5) is 0 Å². The third kappa shape index (κ3) is 2.85. The SMILES string of the molecule is C=Cc1ccc(C#CCC#N)cc1. The van der Waals surface area contributed by atoms with Crippen molar-refractivity contribution in [3.8, 4) is 17.9 Å². The normalized spacial score (nSPS) is 7.92. The number of hydrogen-bond acceptors (Lipinski definition) is 1. The molecule has 0 aromatic heterocycles. The second kappa shape index (κ2) is 4.80. The average Bonchev–Trinajstić information content (AvgIpc) is 2.19. The van der Waals surface area contributed by atoms with Gasteiger partial charge in [0.15, 0.2) is 0 Å². The van der Waals surface area contributed by atoms with Crippen LogP contribution in [0.2, 0.25) is 0 Å². The Bertz CT molecular complexity index is 382. The molecule has 1 rings (SSSR count). The van der Waals surface area contributed by atoms with Crippen LogP contribution in [0.25, 0.3) is 6.08 Å². The van der Waals surface area contributed by atoms with Crippen LogP contribution in [0.1, 0.15) is 17.5 Å². The van der Waals surface area contributed by atoms with Crippen molar-refractivity contribution in [3.63, 3.8) is 0 Å². The molecule has 13 heavy (non-hydrogen) atoms. The van der Waals surface area contributed by atoms with Gasteiger partial charge in [-0.15, -0.1) is 0 Å². The molecule has 0 radical (unpaired) electrons. The first-order chi connectivity index (χ1) is 6.36. The molecule has 0 aliphatic heterocycles. The summed E-state index contributed by atoms with van der Waals surface area (Å²) in [7, 11) is 0. The van der Waals surface area contributed by atoms with E-state index in [4.69, 9.17) is 5.26 Å². The van der Waals surface area contributed by atoms with Crippen molar-refractivity contribution < 1.29 is 0 Å². The second-order valence-corrected chi connectivity index (χ2v) is 2.46. The maximum absolute atomic E-state index is 8.26. The van der Waals surface area contributed by atoms with Gasteiger partial charge in [-0.25, -0.2) is 0 Å². The molecule has 0 N–H and O–H groups in total. The molecule has 0 heterocycles. The Labute approximate surface area is 78.3 Å². The van der Waals surface area contributed by atoms with Gasteiger partial charge in [-0.2, -0.15) is 5.26 Å². The maximum Gasteiger partial charge on any atom is 0.0966 e. The Morgan fingerprint density at radius 2 is 2.00 bits per heavy atom.